The number of aromatic amines is 1. The van der Waals surface area contributed by atoms with Crippen molar-refractivity contribution in [3.63, 3.8) is 0 Å². The van der Waals surface area contributed by atoms with Gasteiger partial charge in [-0.15, -0.1) is 11.3 Å². The van der Waals surface area contributed by atoms with Crippen LogP contribution in [-0.2, 0) is 22.9 Å². The number of aromatic nitrogens is 2. The zero-order valence-electron chi connectivity index (χ0n) is 16.1. The Morgan fingerprint density at radius 1 is 1.14 bits per heavy atom. The molecule has 29 heavy (non-hydrogen) atoms. The number of hydrogen-bond donors (Lipinski definition) is 3. The van der Waals surface area contributed by atoms with Crippen LogP contribution in [0.5, 0.6) is 0 Å². The summed E-state index contributed by atoms with van der Waals surface area (Å²) in [4.78, 5) is 13.5. The maximum absolute atomic E-state index is 12.4. The normalized spacial score (nSPS) is 11.5. The molecular formula is C20H24N4O3S2. The lowest BCUT2D eigenvalue weighted by atomic mass is 10.1. The molecule has 154 valence electrons. The highest BCUT2D eigenvalue weighted by Gasteiger charge is 2.14. The SMILES string of the molecule is Cc1[nH]ncc1CCCNC(=O)c1ccc(S(=O)(=O)NCCc2cccs2)cc1. The molecule has 0 spiro atoms. The minimum Gasteiger partial charge on any atom is -0.352 e. The quantitative estimate of drug-likeness (QED) is 0.429. The van der Waals surface area contributed by atoms with Gasteiger partial charge in [-0.3, -0.25) is 9.89 Å². The van der Waals surface area contributed by atoms with E-state index in [1.54, 1.807) is 17.5 Å². The summed E-state index contributed by atoms with van der Waals surface area (Å²) in [5.41, 5.74) is 2.61. The third-order valence-electron chi connectivity index (χ3n) is 4.51. The average molecular weight is 433 g/mol. The number of hydrogen-bond acceptors (Lipinski definition) is 5. The van der Waals surface area contributed by atoms with Crippen LogP contribution in [0.4, 0.5) is 0 Å². The highest BCUT2D eigenvalue weighted by atomic mass is 32.2. The highest BCUT2D eigenvalue weighted by Crippen LogP contribution is 2.12. The summed E-state index contributed by atoms with van der Waals surface area (Å²) in [7, 11) is -3.59. The van der Waals surface area contributed by atoms with Crippen LogP contribution in [0.1, 0.15) is 32.9 Å². The Balaban J connectivity index is 1.46. The Hall–Kier alpha value is -2.49. The van der Waals surface area contributed by atoms with Gasteiger partial charge in [-0.2, -0.15) is 5.10 Å². The number of carbonyl (C=O) groups excluding carboxylic acids is 1. The molecule has 0 saturated heterocycles. The van der Waals surface area contributed by atoms with Crippen molar-refractivity contribution in [1.82, 2.24) is 20.2 Å². The third-order valence-corrected chi connectivity index (χ3v) is 6.93. The van der Waals surface area contributed by atoms with Gasteiger partial charge in [0.1, 0.15) is 0 Å². The van der Waals surface area contributed by atoms with Crippen molar-refractivity contribution in [2.45, 2.75) is 31.1 Å². The number of rotatable bonds is 10. The molecule has 2 heterocycles. The second-order valence-electron chi connectivity index (χ2n) is 6.63. The van der Waals surface area contributed by atoms with Crippen molar-refractivity contribution in [1.29, 1.82) is 0 Å². The van der Waals surface area contributed by atoms with Crippen LogP contribution in [0.3, 0.4) is 0 Å². The van der Waals surface area contributed by atoms with Gasteiger partial charge in [-0.05, 0) is 67.5 Å². The molecule has 7 nitrogen and oxygen atoms in total. The fraction of sp³-hybridized carbons (Fsp3) is 0.300. The molecule has 0 aliphatic carbocycles. The highest BCUT2D eigenvalue weighted by molar-refractivity contribution is 7.89. The first kappa shape index (κ1) is 21.2. The van der Waals surface area contributed by atoms with Crippen molar-refractivity contribution in [3.8, 4) is 0 Å². The molecule has 0 saturated carbocycles. The van der Waals surface area contributed by atoms with Crippen molar-refractivity contribution < 1.29 is 13.2 Å². The van der Waals surface area contributed by atoms with Gasteiger partial charge in [-0.25, -0.2) is 13.1 Å². The maximum Gasteiger partial charge on any atom is 0.251 e. The van der Waals surface area contributed by atoms with Crippen molar-refractivity contribution in [2.75, 3.05) is 13.1 Å². The number of H-pyrrole nitrogens is 1. The summed E-state index contributed by atoms with van der Waals surface area (Å²) >= 11 is 1.60. The first-order valence-corrected chi connectivity index (χ1v) is 11.7. The van der Waals surface area contributed by atoms with Gasteiger partial charge < -0.3 is 5.32 Å². The molecule has 1 amide bonds. The van der Waals surface area contributed by atoms with E-state index in [1.165, 1.54) is 24.3 Å². The largest absolute Gasteiger partial charge is 0.352 e. The Labute approximate surface area is 174 Å². The third kappa shape index (κ3) is 5.99. The summed E-state index contributed by atoms with van der Waals surface area (Å²) in [6.07, 6.45) is 4.07. The topological polar surface area (TPSA) is 104 Å². The van der Waals surface area contributed by atoms with Gasteiger partial charge in [0.05, 0.1) is 11.1 Å². The molecule has 9 heteroatoms. The van der Waals surface area contributed by atoms with E-state index in [4.69, 9.17) is 0 Å². The van der Waals surface area contributed by atoms with Crippen LogP contribution < -0.4 is 10.0 Å². The monoisotopic (exact) mass is 432 g/mol. The number of benzene rings is 1. The number of nitrogens with one attached hydrogen (secondary N) is 3. The first-order valence-electron chi connectivity index (χ1n) is 9.35. The molecule has 0 unspecified atom stereocenters. The first-order chi connectivity index (χ1) is 14.0. The summed E-state index contributed by atoms with van der Waals surface area (Å²) < 4.78 is 27.3. The van der Waals surface area contributed by atoms with Gasteiger partial charge in [-0.1, -0.05) is 6.07 Å². The lowest BCUT2D eigenvalue weighted by Crippen LogP contribution is -2.26. The molecule has 0 aliphatic heterocycles. The zero-order valence-corrected chi connectivity index (χ0v) is 17.8. The average Bonchev–Trinajstić information content (AvgIpc) is 3.37. The summed E-state index contributed by atoms with van der Waals surface area (Å²) in [5, 5.41) is 11.7. The molecule has 1 aromatic carbocycles. The van der Waals surface area contributed by atoms with Crippen LogP contribution in [0.2, 0.25) is 0 Å². The second kappa shape index (κ2) is 9.82. The Morgan fingerprint density at radius 3 is 2.59 bits per heavy atom. The molecular weight excluding hydrogens is 408 g/mol. The van der Waals surface area contributed by atoms with E-state index in [2.05, 4.69) is 20.2 Å². The van der Waals surface area contributed by atoms with Crippen LogP contribution in [-0.4, -0.2) is 37.6 Å². The Bertz CT molecular complexity index is 1030. The summed E-state index contributed by atoms with van der Waals surface area (Å²) in [5.74, 6) is -0.219. The van der Waals surface area contributed by atoms with E-state index >= 15 is 0 Å². The molecule has 0 fully saturated rings. The number of carbonyl (C=O) groups is 1. The van der Waals surface area contributed by atoms with E-state index in [-0.39, 0.29) is 10.8 Å². The van der Waals surface area contributed by atoms with E-state index in [9.17, 15) is 13.2 Å². The predicted molar refractivity (Wildman–Crippen MR) is 114 cm³/mol. The molecule has 3 rings (SSSR count). The lowest BCUT2D eigenvalue weighted by Gasteiger charge is -2.08. The van der Waals surface area contributed by atoms with E-state index in [0.717, 1.165) is 29.0 Å². The number of amides is 1. The maximum atomic E-state index is 12.4. The Kier molecular flexibility index (Phi) is 7.18. The fourth-order valence-electron chi connectivity index (χ4n) is 2.84. The van der Waals surface area contributed by atoms with E-state index in [0.29, 0.717) is 25.1 Å². The van der Waals surface area contributed by atoms with Gasteiger partial charge in [0.15, 0.2) is 0 Å². The minimum absolute atomic E-state index is 0.149. The van der Waals surface area contributed by atoms with Gasteiger partial charge in [0.25, 0.3) is 5.91 Å². The molecule has 3 aromatic rings. The molecule has 0 bridgehead atoms. The lowest BCUT2D eigenvalue weighted by molar-refractivity contribution is 0.0953. The van der Waals surface area contributed by atoms with Crippen LogP contribution in [0, 0.1) is 6.92 Å². The number of nitrogens with zero attached hydrogens (tertiary/aromatic N) is 1. The molecule has 0 aliphatic rings. The predicted octanol–water partition coefficient (Wildman–Crippen LogP) is 2.66. The number of sulfonamides is 1. The number of thiophene rings is 1. The smallest absolute Gasteiger partial charge is 0.251 e. The van der Waals surface area contributed by atoms with Crippen molar-refractivity contribution >= 4 is 27.3 Å². The van der Waals surface area contributed by atoms with E-state index < -0.39 is 10.0 Å². The number of aryl methyl sites for hydroxylation is 2. The van der Waals surface area contributed by atoms with Crippen LogP contribution in [0.25, 0.3) is 0 Å². The minimum atomic E-state index is -3.59. The van der Waals surface area contributed by atoms with Crippen LogP contribution >= 0.6 is 11.3 Å². The summed E-state index contributed by atoms with van der Waals surface area (Å²) in [6, 6.07) is 9.89. The molecule has 0 radical (unpaired) electrons. The molecule has 0 atom stereocenters. The van der Waals surface area contributed by atoms with Crippen LogP contribution in [0.15, 0.2) is 52.9 Å². The van der Waals surface area contributed by atoms with Crippen molar-refractivity contribution in [3.05, 3.63) is 69.7 Å². The van der Waals surface area contributed by atoms with E-state index in [1.807, 2.05) is 24.4 Å². The fourth-order valence-corrected chi connectivity index (χ4v) is 4.58. The van der Waals surface area contributed by atoms with Gasteiger partial charge in [0.2, 0.25) is 10.0 Å². The van der Waals surface area contributed by atoms with Gasteiger partial charge in [0, 0.05) is 29.2 Å². The second-order valence-corrected chi connectivity index (χ2v) is 9.43. The Morgan fingerprint density at radius 2 is 1.93 bits per heavy atom. The van der Waals surface area contributed by atoms with Crippen molar-refractivity contribution in [2.24, 2.45) is 0 Å². The van der Waals surface area contributed by atoms with Gasteiger partial charge >= 0.3 is 0 Å². The molecule has 2 aromatic heterocycles. The molecule has 3 N–H and O–H groups in total. The standard InChI is InChI=1S/C20H24N4O3S2/c1-15-17(14-22-24-15)4-2-11-21-20(25)16-6-8-19(9-7-16)29(26,27)23-12-10-18-5-3-13-28-18/h3,5-9,13-14,23H,2,4,10-12H2,1H3,(H,21,25)(H,22,24). The summed E-state index contributed by atoms with van der Waals surface area (Å²) in [6.45, 7) is 2.84. The zero-order chi connectivity index (χ0) is 20.7.